The molecular formula is C17H29N5O. The van der Waals surface area contributed by atoms with Crippen LogP contribution in [0, 0.1) is 0 Å². The molecule has 2 N–H and O–H groups in total. The van der Waals surface area contributed by atoms with Gasteiger partial charge in [-0.2, -0.15) is 4.98 Å². The summed E-state index contributed by atoms with van der Waals surface area (Å²) in [5.74, 6) is 1.65. The van der Waals surface area contributed by atoms with Gasteiger partial charge in [-0.05, 0) is 32.4 Å². The van der Waals surface area contributed by atoms with Crippen LogP contribution >= 0.6 is 0 Å². The summed E-state index contributed by atoms with van der Waals surface area (Å²) in [5.41, 5.74) is 6.94. The Bertz CT molecular complexity index is 496. The lowest BCUT2D eigenvalue weighted by Gasteiger charge is -2.25. The minimum Gasteiger partial charge on any atom is -0.381 e. The van der Waals surface area contributed by atoms with Crippen LogP contribution in [0.25, 0.3) is 0 Å². The Balaban J connectivity index is 1.60. The Hall–Kier alpha value is -1.40. The lowest BCUT2D eigenvalue weighted by molar-refractivity contribution is 0.193. The van der Waals surface area contributed by atoms with E-state index in [-0.39, 0.29) is 0 Å². The standard InChI is InChI=1S/C17H29N5O/c1-21(9-10-22-7-4-2-3-5-8-22)16-12-15(19-17(18)20-16)14-6-11-23-13-14/h12,14H,2-11,13H2,1H3,(H2,18,19,20)/t14-/m0/s1. The van der Waals surface area contributed by atoms with E-state index in [1.807, 2.05) is 0 Å². The van der Waals surface area contributed by atoms with Gasteiger partial charge in [0, 0.05) is 38.7 Å². The number of nitrogen functional groups attached to an aromatic ring is 1. The molecule has 6 nitrogen and oxygen atoms in total. The van der Waals surface area contributed by atoms with Gasteiger partial charge in [0.25, 0.3) is 0 Å². The number of hydrogen-bond acceptors (Lipinski definition) is 6. The molecule has 1 aromatic rings. The molecule has 3 rings (SSSR count). The third-order valence-corrected chi connectivity index (χ3v) is 4.94. The second-order valence-corrected chi connectivity index (χ2v) is 6.75. The normalized spacial score (nSPS) is 22.9. The molecule has 1 aromatic heterocycles. The van der Waals surface area contributed by atoms with Gasteiger partial charge in [0.05, 0.1) is 12.3 Å². The van der Waals surface area contributed by atoms with E-state index in [1.165, 1.54) is 38.8 Å². The minimum atomic E-state index is 0.359. The summed E-state index contributed by atoms with van der Waals surface area (Å²) in [6.07, 6.45) is 6.43. The molecule has 0 saturated carbocycles. The van der Waals surface area contributed by atoms with Crippen molar-refractivity contribution in [3.63, 3.8) is 0 Å². The molecule has 2 fully saturated rings. The Morgan fingerprint density at radius 2 is 2.04 bits per heavy atom. The van der Waals surface area contributed by atoms with Crippen molar-refractivity contribution in [2.24, 2.45) is 0 Å². The molecule has 1 atom stereocenters. The number of likely N-dealkylation sites (N-methyl/N-ethyl adjacent to an activating group) is 1. The zero-order valence-electron chi connectivity index (χ0n) is 14.2. The monoisotopic (exact) mass is 319 g/mol. The number of aromatic nitrogens is 2. The van der Waals surface area contributed by atoms with E-state index in [0.29, 0.717) is 11.9 Å². The van der Waals surface area contributed by atoms with Crippen molar-refractivity contribution in [3.8, 4) is 0 Å². The van der Waals surface area contributed by atoms with E-state index in [2.05, 4.69) is 32.9 Å². The number of nitrogens with zero attached hydrogens (tertiary/aromatic N) is 4. The number of hydrogen-bond donors (Lipinski definition) is 1. The molecule has 2 aliphatic heterocycles. The summed E-state index contributed by atoms with van der Waals surface area (Å²) in [5, 5.41) is 0. The maximum Gasteiger partial charge on any atom is 0.222 e. The predicted octanol–water partition coefficient (Wildman–Crippen LogP) is 1.87. The maximum absolute atomic E-state index is 5.92. The third kappa shape index (κ3) is 4.54. The Morgan fingerprint density at radius 3 is 2.74 bits per heavy atom. The van der Waals surface area contributed by atoms with Gasteiger partial charge < -0.3 is 20.3 Å². The zero-order chi connectivity index (χ0) is 16.1. The van der Waals surface area contributed by atoms with Crippen LogP contribution in [0.2, 0.25) is 0 Å². The third-order valence-electron chi connectivity index (χ3n) is 4.94. The van der Waals surface area contributed by atoms with Crippen LogP contribution in [-0.4, -0.2) is 61.3 Å². The molecule has 0 unspecified atom stereocenters. The van der Waals surface area contributed by atoms with Crippen molar-refractivity contribution in [2.45, 2.75) is 38.0 Å². The van der Waals surface area contributed by atoms with E-state index in [4.69, 9.17) is 10.5 Å². The topological polar surface area (TPSA) is 67.5 Å². The second-order valence-electron chi connectivity index (χ2n) is 6.75. The number of nitrogens with two attached hydrogens (primary N) is 1. The van der Waals surface area contributed by atoms with Crippen LogP contribution in [0.3, 0.4) is 0 Å². The average molecular weight is 319 g/mol. The van der Waals surface area contributed by atoms with Crippen LogP contribution in [-0.2, 0) is 4.74 Å². The van der Waals surface area contributed by atoms with E-state index in [9.17, 15) is 0 Å². The molecule has 3 heterocycles. The highest BCUT2D eigenvalue weighted by Gasteiger charge is 2.21. The van der Waals surface area contributed by atoms with Crippen molar-refractivity contribution >= 4 is 11.8 Å². The van der Waals surface area contributed by atoms with Crippen LogP contribution in [0.5, 0.6) is 0 Å². The lowest BCUT2D eigenvalue weighted by Crippen LogP contribution is -2.34. The number of likely N-dealkylation sites (tertiary alicyclic amines) is 1. The van der Waals surface area contributed by atoms with Crippen LogP contribution in [0.1, 0.15) is 43.7 Å². The fourth-order valence-electron chi connectivity index (χ4n) is 3.41. The first-order valence-corrected chi connectivity index (χ1v) is 8.88. The van der Waals surface area contributed by atoms with Gasteiger partial charge in [-0.1, -0.05) is 12.8 Å². The smallest absolute Gasteiger partial charge is 0.222 e. The van der Waals surface area contributed by atoms with Crippen LogP contribution in [0.4, 0.5) is 11.8 Å². The van der Waals surface area contributed by atoms with Gasteiger partial charge >= 0.3 is 0 Å². The highest BCUT2D eigenvalue weighted by Crippen LogP contribution is 2.26. The molecule has 2 aliphatic rings. The van der Waals surface area contributed by atoms with E-state index in [1.54, 1.807) is 0 Å². The molecule has 0 radical (unpaired) electrons. The number of anilines is 2. The maximum atomic E-state index is 5.92. The molecule has 0 amide bonds. The highest BCUT2D eigenvalue weighted by molar-refractivity contribution is 5.43. The first-order valence-electron chi connectivity index (χ1n) is 8.88. The highest BCUT2D eigenvalue weighted by atomic mass is 16.5. The number of rotatable bonds is 5. The second kappa shape index (κ2) is 7.93. The largest absolute Gasteiger partial charge is 0.381 e. The molecule has 23 heavy (non-hydrogen) atoms. The molecular weight excluding hydrogens is 290 g/mol. The summed E-state index contributed by atoms with van der Waals surface area (Å²) in [6.45, 7) is 6.07. The summed E-state index contributed by atoms with van der Waals surface area (Å²) < 4.78 is 5.47. The van der Waals surface area contributed by atoms with Gasteiger partial charge in [-0.3, -0.25) is 0 Å². The van der Waals surface area contributed by atoms with Gasteiger partial charge in [0.2, 0.25) is 5.95 Å². The molecule has 0 bridgehead atoms. The summed E-state index contributed by atoms with van der Waals surface area (Å²) in [4.78, 5) is 13.6. The first-order chi connectivity index (χ1) is 11.2. The van der Waals surface area contributed by atoms with Crippen molar-refractivity contribution in [1.82, 2.24) is 14.9 Å². The molecule has 128 valence electrons. The molecule has 2 saturated heterocycles. The number of ether oxygens (including phenoxy) is 1. The van der Waals surface area contributed by atoms with Crippen LogP contribution < -0.4 is 10.6 Å². The average Bonchev–Trinajstić information content (AvgIpc) is 2.96. The molecule has 6 heteroatoms. The van der Waals surface area contributed by atoms with E-state index >= 15 is 0 Å². The van der Waals surface area contributed by atoms with E-state index in [0.717, 1.165) is 44.2 Å². The molecule has 0 aromatic carbocycles. The predicted molar refractivity (Wildman–Crippen MR) is 92.8 cm³/mol. The summed E-state index contributed by atoms with van der Waals surface area (Å²) >= 11 is 0. The van der Waals surface area contributed by atoms with Gasteiger partial charge in [0.15, 0.2) is 0 Å². The fraction of sp³-hybridized carbons (Fsp3) is 0.765. The summed E-state index contributed by atoms with van der Waals surface area (Å²) in [7, 11) is 2.09. The minimum absolute atomic E-state index is 0.359. The van der Waals surface area contributed by atoms with Crippen molar-refractivity contribution in [3.05, 3.63) is 11.8 Å². The van der Waals surface area contributed by atoms with Crippen LogP contribution in [0.15, 0.2) is 6.07 Å². The van der Waals surface area contributed by atoms with E-state index < -0.39 is 0 Å². The Labute approximate surface area is 139 Å². The summed E-state index contributed by atoms with van der Waals surface area (Å²) in [6, 6.07) is 2.08. The van der Waals surface area contributed by atoms with Gasteiger partial charge in [-0.15, -0.1) is 0 Å². The fourth-order valence-corrected chi connectivity index (χ4v) is 3.41. The lowest BCUT2D eigenvalue weighted by atomic mass is 10.0. The van der Waals surface area contributed by atoms with Crippen molar-refractivity contribution < 1.29 is 4.74 Å². The Kier molecular flexibility index (Phi) is 5.67. The quantitative estimate of drug-likeness (QED) is 0.894. The molecule has 0 aliphatic carbocycles. The molecule has 0 spiro atoms. The SMILES string of the molecule is CN(CCN1CCCCCC1)c1cc([C@H]2CCOC2)nc(N)n1. The van der Waals surface area contributed by atoms with Gasteiger partial charge in [-0.25, -0.2) is 4.98 Å². The Morgan fingerprint density at radius 1 is 1.26 bits per heavy atom. The first kappa shape index (κ1) is 16.5. The van der Waals surface area contributed by atoms with Gasteiger partial charge in [0.1, 0.15) is 5.82 Å². The van der Waals surface area contributed by atoms with Crippen molar-refractivity contribution in [1.29, 1.82) is 0 Å². The zero-order valence-corrected chi connectivity index (χ0v) is 14.2. The van der Waals surface area contributed by atoms with Crippen molar-refractivity contribution in [2.75, 3.05) is 57.1 Å².